The minimum atomic E-state index is -0.275. The Morgan fingerprint density at radius 2 is 2.33 bits per heavy atom. The fourth-order valence-corrected chi connectivity index (χ4v) is 0.356. The molecule has 0 saturated carbocycles. The quantitative estimate of drug-likeness (QED) is 0.240. The Bertz CT molecular complexity index is 93.1. The second kappa shape index (κ2) is 5.50. The third-order valence-electron chi connectivity index (χ3n) is 0.772. The molecular formula is C6H12N2O. The molecule has 0 aromatic heterocycles. The summed E-state index contributed by atoms with van der Waals surface area (Å²) in [5, 5.41) is 0. The molecule has 0 heterocycles. The molecule has 0 aliphatic carbocycles. The average Bonchev–Trinajstić information content (AvgIpc) is 1.91. The minimum absolute atomic E-state index is 0.275. The van der Waals surface area contributed by atoms with E-state index in [0.717, 1.165) is 0 Å². The van der Waals surface area contributed by atoms with E-state index in [0.29, 0.717) is 6.61 Å². The molecule has 0 amide bonds. The maximum absolute atomic E-state index is 5.04. The molecular weight excluding hydrogens is 116 g/mol. The van der Waals surface area contributed by atoms with Crippen LogP contribution in [0.5, 0.6) is 0 Å². The smallest absolute Gasteiger partial charge is 0.139 e. The lowest BCUT2D eigenvalue weighted by Crippen LogP contribution is -2.35. The maximum Gasteiger partial charge on any atom is 0.139 e. The SMILES string of the molecule is C=CCOC(C=C)NN. The van der Waals surface area contributed by atoms with E-state index in [-0.39, 0.29) is 6.23 Å². The standard InChI is InChI=1S/C6H12N2O/c1-3-5-9-6(4-2)8-7/h3-4,6,8H,1-2,5,7H2. The number of nitrogens with one attached hydrogen (secondary N) is 1. The van der Waals surface area contributed by atoms with Gasteiger partial charge in [0.05, 0.1) is 6.61 Å². The van der Waals surface area contributed by atoms with Crippen molar-refractivity contribution in [1.29, 1.82) is 0 Å². The molecule has 0 aliphatic rings. The molecule has 0 radical (unpaired) electrons. The fourth-order valence-electron chi connectivity index (χ4n) is 0.356. The third kappa shape index (κ3) is 3.90. The van der Waals surface area contributed by atoms with Gasteiger partial charge in [-0.05, 0) is 6.08 Å². The molecule has 0 saturated heterocycles. The fraction of sp³-hybridized carbons (Fsp3) is 0.333. The highest BCUT2D eigenvalue weighted by atomic mass is 16.5. The Balaban J connectivity index is 3.30. The highest BCUT2D eigenvalue weighted by Gasteiger charge is 1.95. The molecule has 0 aromatic carbocycles. The second-order valence-corrected chi connectivity index (χ2v) is 1.44. The summed E-state index contributed by atoms with van der Waals surface area (Å²) < 4.78 is 5.02. The predicted octanol–water partition coefficient (Wildman–Crippen LogP) is 0.164. The summed E-state index contributed by atoms with van der Waals surface area (Å²) in [6.07, 6.45) is 2.94. The van der Waals surface area contributed by atoms with Gasteiger partial charge in [0.2, 0.25) is 0 Å². The van der Waals surface area contributed by atoms with Gasteiger partial charge in [-0.25, -0.2) is 5.43 Å². The van der Waals surface area contributed by atoms with Crippen LogP contribution in [0.4, 0.5) is 0 Å². The lowest BCUT2D eigenvalue weighted by molar-refractivity contribution is 0.0846. The number of ether oxygens (including phenoxy) is 1. The highest BCUT2D eigenvalue weighted by molar-refractivity contribution is 4.77. The number of nitrogens with two attached hydrogens (primary N) is 1. The van der Waals surface area contributed by atoms with Crippen molar-refractivity contribution >= 4 is 0 Å². The highest BCUT2D eigenvalue weighted by Crippen LogP contribution is 1.84. The Morgan fingerprint density at radius 1 is 1.67 bits per heavy atom. The van der Waals surface area contributed by atoms with Crippen molar-refractivity contribution in [2.45, 2.75) is 6.23 Å². The summed E-state index contributed by atoms with van der Waals surface area (Å²) in [7, 11) is 0. The van der Waals surface area contributed by atoms with Crippen LogP contribution in [0.15, 0.2) is 25.3 Å². The summed E-state index contributed by atoms with van der Waals surface area (Å²) >= 11 is 0. The van der Waals surface area contributed by atoms with E-state index in [1.165, 1.54) is 0 Å². The summed E-state index contributed by atoms with van der Waals surface area (Å²) in [6, 6.07) is 0. The largest absolute Gasteiger partial charge is 0.354 e. The zero-order valence-corrected chi connectivity index (χ0v) is 5.34. The first-order valence-electron chi connectivity index (χ1n) is 2.66. The first-order chi connectivity index (χ1) is 4.35. The van der Waals surface area contributed by atoms with Crippen molar-refractivity contribution in [3.63, 3.8) is 0 Å². The van der Waals surface area contributed by atoms with Crippen LogP contribution in [0.2, 0.25) is 0 Å². The van der Waals surface area contributed by atoms with Gasteiger partial charge < -0.3 is 4.74 Å². The van der Waals surface area contributed by atoms with E-state index in [1.54, 1.807) is 12.2 Å². The summed E-state index contributed by atoms with van der Waals surface area (Å²) in [5.74, 6) is 5.04. The van der Waals surface area contributed by atoms with Gasteiger partial charge in [-0.2, -0.15) is 0 Å². The van der Waals surface area contributed by atoms with Crippen LogP contribution in [0.25, 0.3) is 0 Å². The third-order valence-corrected chi connectivity index (χ3v) is 0.772. The molecule has 3 N–H and O–H groups in total. The molecule has 0 aromatic rings. The number of rotatable bonds is 5. The molecule has 1 atom stereocenters. The van der Waals surface area contributed by atoms with Gasteiger partial charge in [0.25, 0.3) is 0 Å². The molecule has 0 bridgehead atoms. The van der Waals surface area contributed by atoms with Gasteiger partial charge >= 0.3 is 0 Å². The Labute approximate surface area is 55.2 Å². The molecule has 0 spiro atoms. The van der Waals surface area contributed by atoms with Crippen LogP contribution >= 0.6 is 0 Å². The molecule has 0 aliphatic heterocycles. The molecule has 3 heteroatoms. The van der Waals surface area contributed by atoms with Crippen LogP contribution in [0, 0.1) is 0 Å². The molecule has 0 fully saturated rings. The van der Waals surface area contributed by atoms with E-state index >= 15 is 0 Å². The van der Waals surface area contributed by atoms with Gasteiger partial charge in [-0.1, -0.05) is 12.7 Å². The van der Waals surface area contributed by atoms with Gasteiger partial charge in [0.15, 0.2) is 0 Å². The zero-order valence-electron chi connectivity index (χ0n) is 5.34. The number of hydrazine groups is 1. The molecule has 3 nitrogen and oxygen atoms in total. The zero-order chi connectivity index (χ0) is 7.11. The maximum atomic E-state index is 5.04. The van der Waals surface area contributed by atoms with Crippen LogP contribution < -0.4 is 11.3 Å². The minimum Gasteiger partial charge on any atom is -0.354 e. The lowest BCUT2D eigenvalue weighted by Gasteiger charge is -2.09. The molecule has 0 rings (SSSR count). The van der Waals surface area contributed by atoms with Crippen molar-refractivity contribution in [2.75, 3.05) is 6.61 Å². The van der Waals surface area contributed by atoms with Crippen LogP contribution in [0.3, 0.4) is 0 Å². The Hall–Kier alpha value is -0.640. The predicted molar refractivity (Wildman–Crippen MR) is 37.5 cm³/mol. The first-order valence-corrected chi connectivity index (χ1v) is 2.66. The van der Waals surface area contributed by atoms with E-state index in [9.17, 15) is 0 Å². The van der Waals surface area contributed by atoms with E-state index < -0.39 is 0 Å². The van der Waals surface area contributed by atoms with Crippen LogP contribution in [0.1, 0.15) is 0 Å². The van der Waals surface area contributed by atoms with Crippen molar-refractivity contribution in [3.8, 4) is 0 Å². The molecule has 1 unspecified atom stereocenters. The second-order valence-electron chi connectivity index (χ2n) is 1.44. The van der Waals surface area contributed by atoms with E-state index in [1.807, 2.05) is 0 Å². The normalized spacial score (nSPS) is 12.6. The van der Waals surface area contributed by atoms with Crippen molar-refractivity contribution < 1.29 is 4.74 Å². The molecule has 9 heavy (non-hydrogen) atoms. The number of hydrogen-bond acceptors (Lipinski definition) is 3. The summed E-state index contributed by atoms with van der Waals surface area (Å²) in [5.41, 5.74) is 2.40. The van der Waals surface area contributed by atoms with E-state index in [2.05, 4.69) is 18.6 Å². The Morgan fingerprint density at radius 3 is 2.67 bits per heavy atom. The van der Waals surface area contributed by atoms with Crippen molar-refractivity contribution in [1.82, 2.24) is 5.43 Å². The topological polar surface area (TPSA) is 47.3 Å². The average molecular weight is 128 g/mol. The van der Waals surface area contributed by atoms with Crippen LogP contribution in [-0.2, 0) is 4.74 Å². The summed E-state index contributed by atoms with van der Waals surface area (Å²) in [6.45, 7) is 7.43. The van der Waals surface area contributed by atoms with Crippen molar-refractivity contribution in [3.05, 3.63) is 25.3 Å². The lowest BCUT2D eigenvalue weighted by atomic mass is 10.5. The summed E-state index contributed by atoms with van der Waals surface area (Å²) in [4.78, 5) is 0. The first kappa shape index (κ1) is 8.36. The van der Waals surface area contributed by atoms with Crippen molar-refractivity contribution in [2.24, 2.45) is 5.84 Å². The van der Waals surface area contributed by atoms with Gasteiger partial charge in [0.1, 0.15) is 6.23 Å². The number of hydrogen-bond donors (Lipinski definition) is 2. The van der Waals surface area contributed by atoms with Crippen LogP contribution in [-0.4, -0.2) is 12.8 Å². The Kier molecular flexibility index (Phi) is 5.11. The van der Waals surface area contributed by atoms with Gasteiger partial charge in [-0.3, -0.25) is 5.84 Å². The van der Waals surface area contributed by atoms with E-state index in [4.69, 9.17) is 10.6 Å². The van der Waals surface area contributed by atoms with Gasteiger partial charge in [-0.15, -0.1) is 6.58 Å². The molecule has 52 valence electrons. The van der Waals surface area contributed by atoms with Gasteiger partial charge in [0, 0.05) is 0 Å². The monoisotopic (exact) mass is 128 g/mol.